The van der Waals surface area contributed by atoms with Gasteiger partial charge in [-0.15, -0.1) is 0 Å². The van der Waals surface area contributed by atoms with E-state index in [1.165, 1.54) is 0 Å². The number of hydrogen-bond donors (Lipinski definition) is 1. The zero-order chi connectivity index (χ0) is 12.3. The minimum absolute atomic E-state index is 0.0270. The molecule has 0 unspecified atom stereocenters. The van der Waals surface area contributed by atoms with E-state index in [1.807, 2.05) is 20.8 Å². The van der Waals surface area contributed by atoms with Crippen LogP contribution in [0.5, 0.6) is 0 Å². The van der Waals surface area contributed by atoms with Gasteiger partial charge >= 0.3 is 0 Å². The fraction of sp³-hybridized carbons (Fsp3) is 0.385. The fourth-order valence-corrected chi connectivity index (χ4v) is 1.38. The number of benzene rings is 1. The maximum atomic E-state index is 12.0. The molecule has 16 heavy (non-hydrogen) atoms. The Bertz CT molecular complexity index is 416. The van der Waals surface area contributed by atoms with Crippen LogP contribution in [-0.2, 0) is 0 Å². The van der Waals surface area contributed by atoms with Crippen molar-refractivity contribution in [1.82, 2.24) is 0 Å². The molecule has 0 saturated heterocycles. The average Bonchev–Trinajstić information content (AvgIpc) is 2.26. The van der Waals surface area contributed by atoms with Gasteiger partial charge in [-0.25, -0.2) is 0 Å². The Morgan fingerprint density at radius 1 is 1.19 bits per heavy atom. The molecule has 86 valence electrons. The third-order valence-corrected chi connectivity index (χ3v) is 2.31. The molecule has 0 radical (unpaired) electrons. The molecule has 0 aliphatic rings. The van der Waals surface area contributed by atoms with Crippen molar-refractivity contribution in [2.75, 3.05) is 6.54 Å². The molecule has 0 saturated carbocycles. The van der Waals surface area contributed by atoms with Gasteiger partial charge in [0.1, 0.15) is 0 Å². The predicted molar refractivity (Wildman–Crippen MR) is 63.6 cm³/mol. The summed E-state index contributed by atoms with van der Waals surface area (Å²) in [5.74, 6) is -0.122. The quantitative estimate of drug-likeness (QED) is 0.791. The number of carbonyl (C=O) groups excluding carboxylic acids is 2. The highest BCUT2D eigenvalue weighted by atomic mass is 16.1. The van der Waals surface area contributed by atoms with Crippen LogP contribution in [0.3, 0.4) is 0 Å². The fourth-order valence-electron chi connectivity index (χ4n) is 1.38. The molecule has 0 heterocycles. The smallest absolute Gasteiger partial charge is 0.176 e. The van der Waals surface area contributed by atoms with Crippen LogP contribution in [0, 0.1) is 5.41 Å². The lowest BCUT2D eigenvalue weighted by Crippen LogP contribution is -2.21. The monoisotopic (exact) mass is 219 g/mol. The largest absolute Gasteiger partial charge is 0.324 e. The van der Waals surface area contributed by atoms with E-state index in [1.54, 1.807) is 24.3 Å². The van der Waals surface area contributed by atoms with Gasteiger partial charge in [-0.2, -0.15) is 0 Å². The number of ketones is 2. The van der Waals surface area contributed by atoms with Gasteiger partial charge in [0.05, 0.1) is 6.54 Å². The number of nitrogens with two attached hydrogens (primary N) is 1. The predicted octanol–water partition coefficient (Wildman–Crippen LogP) is 2.06. The van der Waals surface area contributed by atoms with Crippen LogP contribution in [0.2, 0.25) is 0 Å². The van der Waals surface area contributed by atoms with Gasteiger partial charge in [0, 0.05) is 16.5 Å². The van der Waals surface area contributed by atoms with Gasteiger partial charge in [0.2, 0.25) is 0 Å². The van der Waals surface area contributed by atoms with E-state index in [9.17, 15) is 9.59 Å². The minimum Gasteiger partial charge on any atom is -0.324 e. The molecule has 0 atom stereocenters. The van der Waals surface area contributed by atoms with Gasteiger partial charge < -0.3 is 5.73 Å². The Labute approximate surface area is 95.6 Å². The van der Waals surface area contributed by atoms with Crippen molar-refractivity contribution in [3.63, 3.8) is 0 Å². The van der Waals surface area contributed by atoms with Crippen LogP contribution in [0.4, 0.5) is 0 Å². The van der Waals surface area contributed by atoms with Crippen LogP contribution in [0.15, 0.2) is 24.3 Å². The summed E-state index contributed by atoms with van der Waals surface area (Å²) in [5, 5.41) is 0. The number of hydrogen-bond acceptors (Lipinski definition) is 3. The second-order valence-electron chi connectivity index (χ2n) is 4.79. The summed E-state index contributed by atoms with van der Waals surface area (Å²) in [6.07, 6.45) is 0. The topological polar surface area (TPSA) is 60.2 Å². The maximum absolute atomic E-state index is 12.0. The lowest BCUT2D eigenvalue weighted by molar-refractivity contribution is 0.0858. The zero-order valence-electron chi connectivity index (χ0n) is 9.91. The van der Waals surface area contributed by atoms with Gasteiger partial charge in [-0.1, -0.05) is 39.0 Å². The Morgan fingerprint density at radius 3 is 2.25 bits per heavy atom. The highest BCUT2D eigenvalue weighted by Crippen LogP contribution is 2.21. The summed E-state index contributed by atoms with van der Waals surface area (Å²) in [6, 6.07) is 6.72. The third kappa shape index (κ3) is 2.76. The summed E-state index contributed by atoms with van der Waals surface area (Å²) in [6.45, 7) is 5.53. The van der Waals surface area contributed by atoms with Crippen LogP contribution in [0.1, 0.15) is 41.5 Å². The number of rotatable bonds is 3. The molecule has 0 aliphatic carbocycles. The van der Waals surface area contributed by atoms with Crippen LogP contribution >= 0.6 is 0 Å². The van der Waals surface area contributed by atoms with E-state index in [2.05, 4.69) is 0 Å². The van der Waals surface area contributed by atoms with E-state index >= 15 is 0 Å². The van der Waals surface area contributed by atoms with Gasteiger partial charge in [-0.05, 0) is 6.07 Å². The number of carbonyl (C=O) groups is 2. The Kier molecular flexibility index (Phi) is 3.60. The van der Waals surface area contributed by atoms with E-state index < -0.39 is 5.41 Å². The van der Waals surface area contributed by atoms with Gasteiger partial charge in [0.15, 0.2) is 11.6 Å². The lowest BCUT2D eigenvalue weighted by atomic mass is 9.86. The van der Waals surface area contributed by atoms with Crippen LogP contribution < -0.4 is 5.73 Å². The first-order valence-corrected chi connectivity index (χ1v) is 5.24. The summed E-state index contributed by atoms with van der Waals surface area (Å²) in [7, 11) is 0. The van der Waals surface area contributed by atoms with Crippen molar-refractivity contribution in [3.8, 4) is 0 Å². The molecular weight excluding hydrogens is 202 g/mol. The Balaban J connectivity index is 3.09. The maximum Gasteiger partial charge on any atom is 0.176 e. The summed E-state index contributed by atoms with van der Waals surface area (Å²) in [4.78, 5) is 23.4. The Hall–Kier alpha value is -1.48. The molecule has 0 bridgehead atoms. The summed E-state index contributed by atoms with van der Waals surface area (Å²) >= 11 is 0. The minimum atomic E-state index is -0.440. The SMILES string of the molecule is CC(C)(C)C(=O)c1cccc(C(=O)CN)c1. The van der Waals surface area contributed by atoms with Crippen molar-refractivity contribution < 1.29 is 9.59 Å². The average molecular weight is 219 g/mol. The first kappa shape index (κ1) is 12.6. The molecule has 0 fully saturated rings. The van der Waals surface area contributed by atoms with Gasteiger partial charge in [-0.3, -0.25) is 9.59 Å². The van der Waals surface area contributed by atoms with Gasteiger partial charge in [0.25, 0.3) is 0 Å². The lowest BCUT2D eigenvalue weighted by Gasteiger charge is -2.16. The van der Waals surface area contributed by atoms with E-state index in [-0.39, 0.29) is 18.1 Å². The van der Waals surface area contributed by atoms with Crippen molar-refractivity contribution in [3.05, 3.63) is 35.4 Å². The van der Waals surface area contributed by atoms with Crippen molar-refractivity contribution in [1.29, 1.82) is 0 Å². The molecule has 1 rings (SSSR count). The zero-order valence-corrected chi connectivity index (χ0v) is 9.91. The van der Waals surface area contributed by atoms with Crippen molar-refractivity contribution in [2.24, 2.45) is 11.1 Å². The Morgan fingerprint density at radius 2 is 1.75 bits per heavy atom. The van der Waals surface area contributed by atoms with Crippen molar-refractivity contribution >= 4 is 11.6 Å². The normalized spacial score (nSPS) is 11.2. The van der Waals surface area contributed by atoms with E-state index in [0.717, 1.165) is 0 Å². The molecule has 3 nitrogen and oxygen atoms in total. The van der Waals surface area contributed by atoms with Crippen LogP contribution in [0.25, 0.3) is 0 Å². The molecule has 1 aromatic carbocycles. The first-order valence-electron chi connectivity index (χ1n) is 5.24. The summed E-state index contributed by atoms with van der Waals surface area (Å²) < 4.78 is 0. The molecule has 0 aromatic heterocycles. The molecule has 1 aromatic rings. The summed E-state index contributed by atoms with van der Waals surface area (Å²) in [5.41, 5.74) is 5.90. The molecule has 0 aliphatic heterocycles. The molecule has 2 N–H and O–H groups in total. The molecular formula is C13H17NO2. The first-order chi connectivity index (χ1) is 7.36. The van der Waals surface area contributed by atoms with E-state index in [0.29, 0.717) is 11.1 Å². The second-order valence-corrected chi connectivity index (χ2v) is 4.79. The highest BCUT2D eigenvalue weighted by molar-refractivity contribution is 6.03. The standard InChI is InChI=1S/C13H17NO2/c1-13(2,3)12(16)10-6-4-5-9(7-10)11(15)8-14/h4-7H,8,14H2,1-3H3. The second kappa shape index (κ2) is 4.58. The molecule has 0 spiro atoms. The third-order valence-electron chi connectivity index (χ3n) is 2.31. The highest BCUT2D eigenvalue weighted by Gasteiger charge is 2.23. The number of Topliss-reactive ketones (excluding diaryl/α,β-unsaturated/α-hetero) is 2. The molecule has 3 heteroatoms. The van der Waals surface area contributed by atoms with Crippen LogP contribution in [-0.4, -0.2) is 18.1 Å². The van der Waals surface area contributed by atoms with Crippen molar-refractivity contribution in [2.45, 2.75) is 20.8 Å². The molecule has 0 amide bonds. The van der Waals surface area contributed by atoms with E-state index in [4.69, 9.17) is 5.73 Å².